The largest absolute Gasteiger partial charge is 0.352 e. The van der Waals surface area contributed by atoms with Crippen LogP contribution in [-0.4, -0.2) is 43.8 Å². The Balaban J connectivity index is 2.02. The van der Waals surface area contributed by atoms with Crippen molar-refractivity contribution in [2.24, 2.45) is 0 Å². The van der Waals surface area contributed by atoms with E-state index < -0.39 is 34.3 Å². The van der Waals surface area contributed by atoms with E-state index in [1.165, 1.54) is 35.2 Å². The van der Waals surface area contributed by atoms with E-state index in [0.717, 1.165) is 10.4 Å². The summed E-state index contributed by atoms with van der Waals surface area (Å²) in [6.07, 6.45) is 0.694. The molecule has 2 amide bonds. The highest BCUT2D eigenvalue weighted by Gasteiger charge is 2.33. The van der Waals surface area contributed by atoms with Crippen LogP contribution >= 0.6 is 11.6 Å². The molecule has 0 saturated carbocycles. The molecule has 202 valence electrons. The summed E-state index contributed by atoms with van der Waals surface area (Å²) in [6.45, 7) is 4.65. The number of amides is 2. The first-order chi connectivity index (χ1) is 18.0. The number of sulfonamides is 1. The van der Waals surface area contributed by atoms with Crippen LogP contribution in [0.2, 0.25) is 5.02 Å². The molecule has 10 heteroatoms. The predicted octanol–water partition coefficient (Wildman–Crippen LogP) is 5.01. The van der Waals surface area contributed by atoms with Crippen molar-refractivity contribution in [3.05, 3.63) is 95.3 Å². The van der Waals surface area contributed by atoms with Gasteiger partial charge < -0.3 is 10.2 Å². The SMILES string of the molecule is CCC(C)NC(=O)C(C)N(Cc1ccc(Cl)cc1)C(=O)CN(c1ccccc1F)S(=O)(=O)c1ccccc1. The van der Waals surface area contributed by atoms with Crippen molar-refractivity contribution in [2.75, 3.05) is 10.8 Å². The molecule has 3 rings (SSSR count). The number of rotatable bonds is 11. The third-order valence-electron chi connectivity index (χ3n) is 6.17. The highest BCUT2D eigenvalue weighted by atomic mass is 35.5. The summed E-state index contributed by atoms with van der Waals surface area (Å²) in [4.78, 5) is 28.0. The number of hydrogen-bond donors (Lipinski definition) is 1. The quantitative estimate of drug-likeness (QED) is 0.358. The summed E-state index contributed by atoms with van der Waals surface area (Å²) in [6, 6.07) is 18.5. The lowest BCUT2D eigenvalue weighted by molar-refractivity contribution is -0.139. The van der Waals surface area contributed by atoms with Crippen molar-refractivity contribution in [1.29, 1.82) is 0 Å². The minimum absolute atomic E-state index is 0.0155. The van der Waals surface area contributed by atoms with E-state index in [4.69, 9.17) is 11.6 Å². The van der Waals surface area contributed by atoms with Crippen LogP contribution in [0.5, 0.6) is 0 Å². The lowest BCUT2D eigenvalue weighted by atomic mass is 10.1. The van der Waals surface area contributed by atoms with E-state index in [-0.39, 0.29) is 29.1 Å². The van der Waals surface area contributed by atoms with Crippen molar-refractivity contribution in [2.45, 2.75) is 50.7 Å². The molecular formula is C28H31ClFN3O4S. The van der Waals surface area contributed by atoms with Crippen molar-refractivity contribution >= 4 is 39.1 Å². The lowest BCUT2D eigenvalue weighted by Crippen LogP contribution is -2.52. The zero-order chi connectivity index (χ0) is 27.9. The molecule has 38 heavy (non-hydrogen) atoms. The maximum Gasteiger partial charge on any atom is 0.264 e. The van der Waals surface area contributed by atoms with Gasteiger partial charge in [0.05, 0.1) is 10.6 Å². The standard InChI is InChI=1S/C28H31ClFN3O4S/c1-4-20(2)31-28(35)21(3)32(18-22-14-16-23(29)17-15-22)27(34)19-33(26-13-9-8-12-25(26)30)38(36,37)24-10-6-5-7-11-24/h5-17,20-21H,4,18-19H2,1-3H3,(H,31,35). The molecule has 0 aromatic heterocycles. The molecular weight excluding hydrogens is 529 g/mol. The van der Waals surface area contributed by atoms with Gasteiger partial charge in [0.2, 0.25) is 11.8 Å². The van der Waals surface area contributed by atoms with Crippen molar-refractivity contribution < 1.29 is 22.4 Å². The first-order valence-corrected chi connectivity index (χ1v) is 14.0. The Morgan fingerprint density at radius 2 is 1.55 bits per heavy atom. The normalized spacial score (nSPS) is 12.9. The zero-order valence-electron chi connectivity index (χ0n) is 21.5. The highest BCUT2D eigenvalue weighted by molar-refractivity contribution is 7.92. The topological polar surface area (TPSA) is 86.8 Å². The molecule has 2 atom stereocenters. The van der Waals surface area contributed by atoms with Crippen LogP contribution in [0, 0.1) is 5.82 Å². The van der Waals surface area contributed by atoms with Gasteiger partial charge in [-0.3, -0.25) is 13.9 Å². The fourth-order valence-corrected chi connectivity index (χ4v) is 5.29. The molecule has 0 bridgehead atoms. The Morgan fingerprint density at radius 3 is 2.16 bits per heavy atom. The molecule has 0 aliphatic heterocycles. The molecule has 1 N–H and O–H groups in total. The Labute approximate surface area is 228 Å². The van der Waals surface area contributed by atoms with Crippen LogP contribution < -0.4 is 9.62 Å². The number of hydrogen-bond acceptors (Lipinski definition) is 4. The molecule has 0 saturated heterocycles. The molecule has 0 spiro atoms. The van der Waals surface area contributed by atoms with Crippen molar-refractivity contribution in [3.8, 4) is 0 Å². The van der Waals surface area contributed by atoms with Gasteiger partial charge in [0, 0.05) is 17.6 Å². The number of carbonyl (C=O) groups excluding carboxylic acids is 2. The van der Waals surface area contributed by atoms with Crippen LogP contribution in [0.4, 0.5) is 10.1 Å². The van der Waals surface area contributed by atoms with Gasteiger partial charge in [0.15, 0.2) is 0 Å². The van der Waals surface area contributed by atoms with E-state index in [2.05, 4.69) is 5.32 Å². The molecule has 7 nitrogen and oxygen atoms in total. The Morgan fingerprint density at radius 1 is 0.947 bits per heavy atom. The first kappa shape index (κ1) is 29.1. The minimum Gasteiger partial charge on any atom is -0.352 e. The Bertz CT molecular complexity index is 1350. The zero-order valence-corrected chi connectivity index (χ0v) is 23.0. The molecule has 0 aliphatic rings. The summed E-state index contributed by atoms with van der Waals surface area (Å²) < 4.78 is 42.9. The molecule has 0 fully saturated rings. The maximum atomic E-state index is 14.9. The molecule has 0 heterocycles. The van der Waals surface area contributed by atoms with Gasteiger partial charge in [-0.2, -0.15) is 0 Å². The van der Waals surface area contributed by atoms with E-state index in [9.17, 15) is 22.4 Å². The summed E-state index contributed by atoms with van der Waals surface area (Å²) in [5.74, 6) is -1.86. The van der Waals surface area contributed by atoms with Gasteiger partial charge >= 0.3 is 0 Å². The maximum absolute atomic E-state index is 14.9. The number of nitrogens with one attached hydrogen (secondary N) is 1. The third kappa shape index (κ3) is 7.11. The van der Waals surface area contributed by atoms with E-state index in [1.807, 2.05) is 13.8 Å². The fourth-order valence-electron chi connectivity index (χ4n) is 3.72. The van der Waals surface area contributed by atoms with Crippen LogP contribution in [0.3, 0.4) is 0 Å². The number of carbonyl (C=O) groups is 2. The third-order valence-corrected chi connectivity index (χ3v) is 8.19. The van der Waals surface area contributed by atoms with E-state index in [0.29, 0.717) is 17.0 Å². The number of halogens is 2. The summed E-state index contributed by atoms with van der Waals surface area (Å²) in [7, 11) is -4.32. The second kappa shape index (κ2) is 12.9. The summed E-state index contributed by atoms with van der Waals surface area (Å²) in [5, 5.41) is 3.37. The Kier molecular flexibility index (Phi) is 9.88. The van der Waals surface area contributed by atoms with Crippen LogP contribution in [0.15, 0.2) is 83.8 Å². The van der Waals surface area contributed by atoms with Gasteiger partial charge in [0.25, 0.3) is 10.0 Å². The molecule has 3 aromatic rings. The van der Waals surface area contributed by atoms with Gasteiger partial charge in [-0.25, -0.2) is 12.8 Å². The number of benzene rings is 3. The second-order valence-corrected chi connectivity index (χ2v) is 11.2. The minimum atomic E-state index is -4.32. The average Bonchev–Trinajstić information content (AvgIpc) is 2.91. The number of anilines is 1. The lowest BCUT2D eigenvalue weighted by Gasteiger charge is -2.32. The smallest absolute Gasteiger partial charge is 0.264 e. The van der Waals surface area contributed by atoms with E-state index in [1.54, 1.807) is 49.4 Å². The number of nitrogens with zero attached hydrogens (tertiary/aromatic N) is 2. The van der Waals surface area contributed by atoms with E-state index >= 15 is 0 Å². The van der Waals surface area contributed by atoms with Crippen molar-refractivity contribution in [1.82, 2.24) is 10.2 Å². The van der Waals surface area contributed by atoms with Gasteiger partial charge in [0.1, 0.15) is 18.4 Å². The predicted molar refractivity (Wildman–Crippen MR) is 147 cm³/mol. The first-order valence-electron chi connectivity index (χ1n) is 12.2. The van der Waals surface area contributed by atoms with Crippen LogP contribution in [0.25, 0.3) is 0 Å². The Hall–Kier alpha value is -3.43. The molecule has 0 aliphatic carbocycles. The molecule has 0 radical (unpaired) electrons. The number of para-hydroxylation sites is 1. The average molecular weight is 560 g/mol. The monoisotopic (exact) mass is 559 g/mol. The summed E-state index contributed by atoms with van der Waals surface area (Å²) >= 11 is 6.00. The van der Waals surface area contributed by atoms with Crippen LogP contribution in [0.1, 0.15) is 32.8 Å². The summed E-state index contributed by atoms with van der Waals surface area (Å²) in [5.41, 5.74) is 0.419. The van der Waals surface area contributed by atoms with Crippen LogP contribution in [-0.2, 0) is 26.2 Å². The fraction of sp³-hybridized carbons (Fsp3) is 0.286. The molecule has 3 aromatic carbocycles. The van der Waals surface area contributed by atoms with Crippen molar-refractivity contribution in [3.63, 3.8) is 0 Å². The van der Waals surface area contributed by atoms with Gasteiger partial charge in [-0.1, -0.05) is 61.0 Å². The second-order valence-electron chi connectivity index (χ2n) is 8.92. The van der Waals surface area contributed by atoms with Gasteiger partial charge in [-0.05, 0) is 62.2 Å². The highest BCUT2D eigenvalue weighted by Crippen LogP contribution is 2.27. The van der Waals surface area contributed by atoms with Gasteiger partial charge in [-0.15, -0.1) is 0 Å². The molecule has 2 unspecified atom stereocenters.